The number of rotatable bonds is 3. The van der Waals surface area contributed by atoms with Crippen molar-refractivity contribution in [2.75, 3.05) is 20.2 Å². The zero-order chi connectivity index (χ0) is 14.0. The molecule has 0 saturated heterocycles. The number of para-hydroxylation sites is 1. The summed E-state index contributed by atoms with van der Waals surface area (Å²) in [6, 6.07) is 7.36. The Bertz CT molecular complexity index is 676. The number of aromatic nitrogens is 1. The van der Waals surface area contributed by atoms with E-state index in [1.54, 1.807) is 20.0 Å². The number of carbonyl (C=O) groups excluding carboxylic acids is 1. The summed E-state index contributed by atoms with van der Waals surface area (Å²) in [4.78, 5) is 28.3. The van der Waals surface area contributed by atoms with Crippen molar-refractivity contribution >= 4 is 16.8 Å². The van der Waals surface area contributed by atoms with Gasteiger partial charge in [0.15, 0.2) is 0 Å². The molecule has 19 heavy (non-hydrogen) atoms. The molecule has 0 aliphatic heterocycles. The Morgan fingerprint density at radius 1 is 1.37 bits per heavy atom. The first kappa shape index (κ1) is 13.3. The van der Waals surface area contributed by atoms with E-state index in [4.69, 9.17) is 5.11 Å². The summed E-state index contributed by atoms with van der Waals surface area (Å²) in [7, 11) is 1.56. The van der Waals surface area contributed by atoms with Crippen LogP contribution in [0, 0.1) is 6.92 Å². The molecule has 100 valence electrons. The van der Waals surface area contributed by atoms with Gasteiger partial charge in [-0.05, 0) is 18.6 Å². The second-order valence-electron chi connectivity index (χ2n) is 4.45. The molecule has 2 N–H and O–H groups in total. The molecule has 5 nitrogen and oxygen atoms in total. The molecule has 1 aromatic carbocycles. The normalized spacial score (nSPS) is 10.7. The Hall–Kier alpha value is -2.14. The van der Waals surface area contributed by atoms with Gasteiger partial charge in [0.1, 0.15) is 5.56 Å². The van der Waals surface area contributed by atoms with Crippen LogP contribution in [0.15, 0.2) is 29.1 Å². The van der Waals surface area contributed by atoms with Crippen LogP contribution in [-0.4, -0.2) is 41.1 Å². The minimum atomic E-state index is -0.397. The lowest BCUT2D eigenvalue weighted by atomic mass is 10.0. The van der Waals surface area contributed by atoms with Gasteiger partial charge in [0.2, 0.25) is 0 Å². The van der Waals surface area contributed by atoms with Crippen LogP contribution < -0.4 is 5.56 Å². The second kappa shape index (κ2) is 5.24. The van der Waals surface area contributed by atoms with E-state index in [-0.39, 0.29) is 24.6 Å². The van der Waals surface area contributed by atoms with Gasteiger partial charge in [0.05, 0.1) is 6.61 Å². The maximum absolute atomic E-state index is 12.2. The smallest absolute Gasteiger partial charge is 0.261 e. The molecule has 0 unspecified atom stereocenters. The van der Waals surface area contributed by atoms with E-state index in [0.717, 1.165) is 5.39 Å². The van der Waals surface area contributed by atoms with Crippen LogP contribution in [0.5, 0.6) is 0 Å². The topological polar surface area (TPSA) is 73.4 Å². The first-order valence-electron chi connectivity index (χ1n) is 6.04. The number of carbonyl (C=O) groups is 1. The quantitative estimate of drug-likeness (QED) is 0.861. The van der Waals surface area contributed by atoms with Gasteiger partial charge >= 0.3 is 0 Å². The zero-order valence-corrected chi connectivity index (χ0v) is 10.9. The predicted octanol–water partition coefficient (Wildman–Crippen LogP) is 0.901. The highest BCUT2D eigenvalue weighted by molar-refractivity contribution is 5.99. The monoisotopic (exact) mass is 260 g/mol. The lowest BCUT2D eigenvalue weighted by Crippen LogP contribution is -2.34. The number of fused-ring (bicyclic) bond motifs is 1. The van der Waals surface area contributed by atoms with E-state index in [1.807, 2.05) is 18.2 Å². The maximum Gasteiger partial charge on any atom is 0.261 e. The predicted molar refractivity (Wildman–Crippen MR) is 73.4 cm³/mol. The summed E-state index contributed by atoms with van der Waals surface area (Å²) in [6.07, 6.45) is 0. The molecule has 2 rings (SSSR count). The number of aliphatic hydroxyl groups excluding tert-OH is 1. The molecule has 0 spiro atoms. The Morgan fingerprint density at radius 2 is 2.05 bits per heavy atom. The summed E-state index contributed by atoms with van der Waals surface area (Å²) in [5.41, 5.74) is 1.11. The Balaban J connectivity index is 2.61. The van der Waals surface area contributed by atoms with Gasteiger partial charge in [-0.15, -0.1) is 0 Å². The molecular weight excluding hydrogens is 244 g/mol. The van der Waals surface area contributed by atoms with Crippen molar-refractivity contribution in [2.45, 2.75) is 6.92 Å². The minimum absolute atomic E-state index is 0.132. The van der Waals surface area contributed by atoms with Crippen molar-refractivity contribution in [2.24, 2.45) is 0 Å². The lowest BCUT2D eigenvalue weighted by Gasteiger charge is -2.17. The summed E-state index contributed by atoms with van der Waals surface area (Å²) in [5, 5.41) is 9.71. The number of benzene rings is 1. The molecule has 2 aromatic rings. The van der Waals surface area contributed by atoms with Gasteiger partial charge < -0.3 is 15.0 Å². The van der Waals surface area contributed by atoms with Gasteiger partial charge in [-0.25, -0.2) is 0 Å². The number of amides is 1. The van der Waals surface area contributed by atoms with Crippen molar-refractivity contribution in [1.82, 2.24) is 9.88 Å². The molecule has 0 radical (unpaired) electrons. The third-order valence-electron chi connectivity index (χ3n) is 3.18. The minimum Gasteiger partial charge on any atom is -0.395 e. The largest absolute Gasteiger partial charge is 0.395 e. The third kappa shape index (κ3) is 2.37. The van der Waals surface area contributed by atoms with Gasteiger partial charge in [-0.3, -0.25) is 9.59 Å². The van der Waals surface area contributed by atoms with Crippen LogP contribution in [0.4, 0.5) is 0 Å². The van der Waals surface area contributed by atoms with E-state index >= 15 is 0 Å². The molecule has 1 amide bonds. The van der Waals surface area contributed by atoms with Gasteiger partial charge in [0.25, 0.3) is 11.5 Å². The van der Waals surface area contributed by atoms with E-state index in [0.29, 0.717) is 11.1 Å². The molecule has 0 aliphatic rings. The Labute approximate surface area is 110 Å². The van der Waals surface area contributed by atoms with Gasteiger partial charge in [-0.2, -0.15) is 0 Å². The van der Waals surface area contributed by atoms with Crippen LogP contribution in [0.1, 0.15) is 15.9 Å². The lowest BCUT2D eigenvalue weighted by molar-refractivity contribution is 0.0764. The fourth-order valence-corrected chi connectivity index (χ4v) is 2.11. The maximum atomic E-state index is 12.2. The van der Waals surface area contributed by atoms with Crippen molar-refractivity contribution in [3.8, 4) is 0 Å². The number of likely N-dealkylation sites (N-methyl/N-ethyl adjacent to an activating group) is 1. The van der Waals surface area contributed by atoms with E-state index < -0.39 is 5.56 Å². The fourth-order valence-electron chi connectivity index (χ4n) is 2.11. The van der Waals surface area contributed by atoms with Crippen LogP contribution in [-0.2, 0) is 0 Å². The van der Waals surface area contributed by atoms with E-state index in [2.05, 4.69) is 4.98 Å². The number of hydrogen-bond acceptors (Lipinski definition) is 3. The molecule has 0 bridgehead atoms. The van der Waals surface area contributed by atoms with Crippen LogP contribution in [0.2, 0.25) is 0 Å². The molecule has 0 fully saturated rings. The summed E-state index contributed by atoms with van der Waals surface area (Å²) < 4.78 is 0. The molecule has 0 saturated carbocycles. The molecular formula is C14H16N2O3. The summed E-state index contributed by atoms with van der Waals surface area (Å²) in [5.74, 6) is -0.376. The third-order valence-corrected chi connectivity index (χ3v) is 3.18. The average molecular weight is 260 g/mol. The van der Waals surface area contributed by atoms with Gasteiger partial charge in [-0.1, -0.05) is 18.2 Å². The van der Waals surface area contributed by atoms with Crippen molar-refractivity contribution in [3.63, 3.8) is 0 Å². The highest BCUT2D eigenvalue weighted by Gasteiger charge is 2.19. The Morgan fingerprint density at radius 3 is 2.74 bits per heavy atom. The molecule has 0 aliphatic carbocycles. The van der Waals surface area contributed by atoms with Crippen LogP contribution in [0.3, 0.4) is 0 Å². The Kier molecular flexibility index (Phi) is 3.66. The first-order valence-corrected chi connectivity index (χ1v) is 6.04. The molecule has 5 heteroatoms. The standard InChI is InChI=1S/C14H16N2O3/c1-9-10-5-3-4-6-11(10)15-13(18)12(9)14(19)16(2)7-8-17/h3-6,17H,7-8H2,1-2H3,(H,15,18). The first-order chi connectivity index (χ1) is 9.06. The number of H-pyrrole nitrogens is 1. The van der Waals surface area contributed by atoms with Crippen molar-refractivity contribution in [3.05, 3.63) is 45.7 Å². The summed E-state index contributed by atoms with van der Waals surface area (Å²) >= 11 is 0. The van der Waals surface area contributed by atoms with E-state index in [1.165, 1.54) is 4.90 Å². The van der Waals surface area contributed by atoms with Crippen LogP contribution >= 0.6 is 0 Å². The summed E-state index contributed by atoms with van der Waals surface area (Å²) in [6.45, 7) is 1.83. The fraction of sp³-hybridized carbons (Fsp3) is 0.286. The average Bonchev–Trinajstić information content (AvgIpc) is 2.38. The number of hydrogen-bond donors (Lipinski definition) is 2. The highest BCUT2D eigenvalue weighted by atomic mass is 16.3. The molecule has 1 aromatic heterocycles. The number of pyridine rings is 1. The SMILES string of the molecule is Cc1c(C(=O)N(C)CCO)c(=O)[nH]c2ccccc12. The van der Waals surface area contributed by atoms with Crippen molar-refractivity contribution < 1.29 is 9.90 Å². The van der Waals surface area contributed by atoms with E-state index in [9.17, 15) is 9.59 Å². The number of aromatic amines is 1. The number of nitrogens with zero attached hydrogens (tertiary/aromatic N) is 1. The molecule has 1 heterocycles. The van der Waals surface area contributed by atoms with Crippen LogP contribution in [0.25, 0.3) is 10.9 Å². The highest BCUT2D eigenvalue weighted by Crippen LogP contribution is 2.17. The van der Waals surface area contributed by atoms with Gasteiger partial charge in [0, 0.05) is 24.5 Å². The second-order valence-corrected chi connectivity index (χ2v) is 4.45. The molecule has 0 atom stereocenters. The number of aliphatic hydroxyl groups is 1. The number of aryl methyl sites for hydroxylation is 1. The zero-order valence-electron chi connectivity index (χ0n) is 10.9. The van der Waals surface area contributed by atoms with Crippen molar-refractivity contribution in [1.29, 1.82) is 0 Å². The number of nitrogens with one attached hydrogen (secondary N) is 1.